The number of amides is 2. The van der Waals surface area contributed by atoms with Gasteiger partial charge in [-0.3, -0.25) is 4.90 Å². The van der Waals surface area contributed by atoms with Crippen molar-refractivity contribution >= 4 is 11.7 Å². The Hall–Kier alpha value is -3.04. The number of nitrogens with one attached hydrogen (secondary N) is 1. The molecule has 0 unspecified atom stereocenters. The van der Waals surface area contributed by atoms with Crippen molar-refractivity contribution < 1.29 is 9.53 Å². The van der Waals surface area contributed by atoms with Gasteiger partial charge in [-0.1, -0.05) is 42.5 Å². The number of benzene rings is 2. The second-order valence-electron chi connectivity index (χ2n) is 7.22. The molecule has 0 aromatic heterocycles. The van der Waals surface area contributed by atoms with Crippen LogP contribution in [-0.4, -0.2) is 48.6 Å². The minimum absolute atomic E-state index is 0.130. The van der Waals surface area contributed by atoms with Crippen LogP contribution in [0.4, 0.5) is 10.5 Å². The van der Waals surface area contributed by atoms with E-state index in [0.717, 1.165) is 32.5 Å². The standard InChI is InChI=1S/C23H28N4O2/c1-29-22-11-6-5-10-21(22)25-23(28)27(15-7-14-24)20-12-16-26(17-13-20)18-19-8-3-2-4-9-19/h2-6,8-11,20H,7,12-13,15-18H2,1H3,(H,25,28). The van der Waals surface area contributed by atoms with Crippen LogP contribution in [0, 0.1) is 11.3 Å². The SMILES string of the molecule is COc1ccccc1NC(=O)N(CCC#N)C1CCN(Cc2ccccc2)CC1. The van der Waals surface area contributed by atoms with Crippen molar-refractivity contribution in [1.29, 1.82) is 5.26 Å². The van der Waals surface area contributed by atoms with Crippen molar-refractivity contribution in [2.24, 2.45) is 0 Å². The Morgan fingerprint density at radius 3 is 2.55 bits per heavy atom. The van der Waals surface area contributed by atoms with Gasteiger partial charge in [0.2, 0.25) is 0 Å². The number of carbonyl (C=O) groups is 1. The number of ether oxygens (including phenoxy) is 1. The fourth-order valence-electron chi connectivity index (χ4n) is 3.79. The zero-order valence-electron chi connectivity index (χ0n) is 16.9. The minimum Gasteiger partial charge on any atom is -0.495 e. The maximum Gasteiger partial charge on any atom is 0.322 e. The molecule has 29 heavy (non-hydrogen) atoms. The number of rotatable bonds is 7. The van der Waals surface area contributed by atoms with E-state index in [2.05, 4.69) is 40.6 Å². The summed E-state index contributed by atoms with van der Waals surface area (Å²) in [6.07, 6.45) is 2.12. The van der Waals surface area contributed by atoms with E-state index < -0.39 is 0 Å². The zero-order valence-corrected chi connectivity index (χ0v) is 16.9. The van der Waals surface area contributed by atoms with E-state index >= 15 is 0 Å². The summed E-state index contributed by atoms with van der Waals surface area (Å²) in [5, 5.41) is 12.0. The molecular weight excluding hydrogens is 364 g/mol. The van der Waals surface area contributed by atoms with E-state index in [4.69, 9.17) is 10.00 Å². The molecule has 6 heteroatoms. The lowest BCUT2D eigenvalue weighted by atomic mass is 10.0. The Morgan fingerprint density at radius 2 is 1.86 bits per heavy atom. The van der Waals surface area contributed by atoms with E-state index in [0.29, 0.717) is 24.4 Å². The van der Waals surface area contributed by atoms with Gasteiger partial charge in [-0.15, -0.1) is 0 Å². The molecule has 0 radical (unpaired) electrons. The lowest BCUT2D eigenvalue weighted by Crippen LogP contribution is -2.49. The maximum absolute atomic E-state index is 13.0. The van der Waals surface area contributed by atoms with Gasteiger partial charge in [0.1, 0.15) is 5.75 Å². The number of piperidine rings is 1. The molecule has 1 fully saturated rings. The monoisotopic (exact) mass is 392 g/mol. The van der Waals surface area contributed by atoms with Crippen LogP contribution in [0.3, 0.4) is 0 Å². The number of urea groups is 1. The molecule has 0 atom stereocenters. The van der Waals surface area contributed by atoms with Crippen LogP contribution in [0.2, 0.25) is 0 Å². The smallest absolute Gasteiger partial charge is 0.322 e. The lowest BCUT2D eigenvalue weighted by molar-refractivity contribution is 0.124. The first-order chi connectivity index (χ1) is 14.2. The fourth-order valence-corrected chi connectivity index (χ4v) is 3.79. The van der Waals surface area contributed by atoms with E-state index in [1.165, 1.54) is 5.56 Å². The Labute approximate surface area is 172 Å². The number of hydrogen-bond donors (Lipinski definition) is 1. The van der Waals surface area contributed by atoms with Gasteiger partial charge in [0, 0.05) is 32.2 Å². The first-order valence-corrected chi connectivity index (χ1v) is 10.0. The Bertz CT molecular complexity index is 826. The quantitative estimate of drug-likeness (QED) is 0.770. The molecular formula is C23H28N4O2. The Kier molecular flexibility index (Phi) is 7.48. The molecule has 2 aromatic carbocycles. The minimum atomic E-state index is -0.175. The molecule has 0 spiro atoms. The predicted octanol–water partition coefficient (Wildman–Crippen LogP) is 4.11. The highest BCUT2D eigenvalue weighted by molar-refractivity contribution is 5.91. The van der Waals surface area contributed by atoms with E-state index in [1.807, 2.05) is 35.2 Å². The highest BCUT2D eigenvalue weighted by Crippen LogP contribution is 2.25. The third-order valence-corrected chi connectivity index (χ3v) is 5.32. The number of likely N-dealkylation sites (tertiary alicyclic amines) is 1. The van der Waals surface area contributed by atoms with E-state index in [-0.39, 0.29) is 12.1 Å². The number of methoxy groups -OCH3 is 1. The van der Waals surface area contributed by atoms with Crippen LogP contribution in [-0.2, 0) is 6.54 Å². The summed E-state index contributed by atoms with van der Waals surface area (Å²) in [5.41, 5.74) is 1.95. The molecule has 6 nitrogen and oxygen atoms in total. The average molecular weight is 393 g/mol. The molecule has 0 bridgehead atoms. The largest absolute Gasteiger partial charge is 0.495 e. The van der Waals surface area contributed by atoms with Crippen LogP contribution >= 0.6 is 0 Å². The summed E-state index contributed by atoms with van der Waals surface area (Å²) in [5.74, 6) is 0.624. The van der Waals surface area contributed by atoms with Crippen molar-refractivity contribution in [2.75, 3.05) is 32.1 Å². The van der Waals surface area contributed by atoms with Crippen molar-refractivity contribution in [3.8, 4) is 11.8 Å². The second kappa shape index (κ2) is 10.5. The molecule has 1 aliphatic heterocycles. The number of para-hydroxylation sites is 2. The van der Waals surface area contributed by atoms with E-state index in [1.54, 1.807) is 7.11 Å². The first kappa shape index (κ1) is 20.7. The van der Waals surface area contributed by atoms with Gasteiger partial charge in [-0.05, 0) is 30.5 Å². The molecule has 2 aromatic rings. The van der Waals surface area contributed by atoms with Gasteiger partial charge in [0.05, 0.1) is 25.3 Å². The van der Waals surface area contributed by atoms with Gasteiger partial charge in [0.15, 0.2) is 0 Å². The normalized spacial score (nSPS) is 14.8. The first-order valence-electron chi connectivity index (χ1n) is 10.0. The molecule has 1 saturated heterocycles. The molecule has 3 rings (SSSR count). The van der Waals surface area contributed by atoms with Crippen molar-refractivity contribution in [3.63, 3.8) is 0 Å². The second-order valence-corrected chi connectivity index (χ2v) is 7.22. The third-order valence-electron chi connectivity index (χ3n) is 5.32. The molecule has 152 valence electrons. The summed E-state index contributed by atoms with van der Waals surface area (Å²) < 4.78 is 5.33. The zero-order chi connectivity index (χ0) is 20.5. The summed E-state index contributed by atoms with van der Waals surface area (Å²) in [7, 11) is 1.58. The number of anilines is 1. The van der Waals surface area contributed by atoms with Crippen LogP contribution < -0.4 is 10.1 Å². The third kappa shape index (κ3) is 5.72. The molecule has 0 saturated carbocycles. The molecule has 1 aliphatic rings. The summed E-state index contributed by atoms with van der Waals surface area (Å²) in [6.45, 7) is 3.23. The maximum atomic E-state index is 13.0. The van der Waals surface area contributed by atoms with Crippen molar-refractivity contribution in [3.05, 3.63) is 60.2 Å². The van der Waals surface area contributed by atoms with Gasteiger partial charge >= 0.3 is 6.03 Å². The lowest BCUT2D eigenvalue weighted by Gasteiger charge is -2.38. The van der Waals surface area contributed by atoms with Crippen LogP contribution in [0.5, 0.6) is 5.75 Å². The van der Waals surface area contributed by atoms with Gasteiger partial charge in [-0.25, -0.2) is 4.79 Å². The van der Waals surface area contributed by atoms with Crippen molar-refractivity contribution in [2.45, 2.75) is 31.8 Å². The van der Waals surface area contributed by atoms with Crippen LogP contribution in [0.1, 0.15) is 24.8 Å². The topological polar surface area (TPSA) is 68.6 Å². The predicted molar refractivity (Wildman–Crippen MR) is 114 cm³/mol. The average Bonchev–Trinajstić information content (AvgIpc) is 2.76. The highest BCUT2D eigenvalue weighted by Gasteiger charge is 2.28. The number of carbonyl (C=O) groups excluding carboxylic acids is 1. The molecule has 0 aliphatic carbocycles. The molecule has 1 heterocycles. The molecule has 1 N–H and O–H groups in total. The summed E-state index contributed by atoms with van der Waals surface area (Å²) in [6, 6.07) is 19.9. The number of hydrogen-bond acceptors (Lipinski definition) is 4. The van der Waals surface area contributed by atoms with Gasteiger partial charge in [-0.2, -0.15) is 5.26 Å². The molecule has 2 amide bonds. The van der Waals surface area contributed by atoms with Crippen LogP contribution in [0.15, 0.2) is 54.6 Å². The Morgan fingerprint density at radius 1 is 1.17 bits per heavy atom. The number of nitrogens with zero attached hydrogens (tertiary/aromatic N) is 3. The summed E-state index contributed by atoms with van der Waals surface area (Å²) >= 11 is 0. The number of nitriles is 1. The fraction of sp³-hybridized carbons (Fsp3) is 0.391. The van der Waals surface area contributed by atoms with Crippen LogP contribution in [0.25, 0.3) is 0 Å². The van der Waals surface area contributed by atoms with Gasteiger partial charge < -0.3 is 15.0 Å². The Balaban J connectivity index is 1.61. The highest BCUT2D eigenvalue weighted by atomic mass is 16.5. The summed E-state index contributed by atoms with van der Waals surface area (Å²) in [4.78, 5) is 17.2. The van der Waals surface area contributed by atoms with Gasteiger partial charge in [0.25, 0.3) is 0 Å². The van der Waals surface area contributed by atoms with E-state index in [9.17, 15) is 4.79 Å². The van der Waals surface area contributed by atoms with Crippen molar-refractivity contribution in [1.82, 2.24) is 9.80 Å².